The molecule has 0 saturated carbocycles. The van der Waals surface area contributed by atoms with E-state index < -0.39 is 71.0 Å². The van der Waals surface area contributed by atoms with E-state index in [1.54, 1.807) is 62.3 Å². The Morgan fingerprint density at radius 2 is 1.39 bits per heavy atom. The Bertz CT molecular complexity index is 1090. The lowest BCUT2D eigenvalue weighted by atomic mass is 9.80. The molecule has 2 N–H and O–H groups in total. The molecule has 2 fully saturated rings. The molecule has 264 valence electrons. The second-order valence-corrected chi connectivity index (χ2v) is 16.3. The zero-order valence-corrected chi connectivity index (χ0v) is 30.3. The molecular weight excluding hydrogens is 597 g/mol. The molecule has 2 heterocycles. The van der Waals surface area contributed by atoms with Crippen molar-refractivity contribution in [3.8, 4) is 0 Å². The topological polar surface area (TPSA) is 153 Å². The van der Waals surface area contributed by atoms with E-state index in [4.69, 9.17) is 23.5 Å². The average Bonchev–Trinajstić information content (AvgIpc) is 3.30. The van der Waals surface area contributed by atoms with Gasteiger partial charge in [0, 0.05) is 26.1 Å². The highest BCUT2D eigenvalue weighted by Gasteiger charge is 2.56. The van der Waals surface area contributed by atoms with Crippen LogP contribution >= 0.6 is 0 Å². The Labute approximate surface area is 275 Å². The number of amides is 3. The van der Waals surface area contributed by atoms with Gasteiger partial charge < -0.3 is 38.8 Å². The predicted octanol–water partition coefficient (Wildman–Crippen LogP) is 5.84. The van der Waals surface area contributed by atoms with E-state index in [-0.39, 0.29) is 32.5 Å². The number of likely N-dealkylation sites (tertiary alicyclic amines) is 1. The van der Waals surface area contributed by atoms with Gasteiger partial charge in [-0.25, -0.2) is 19.2 Å². The van der Waals surface area contributed by atoms with Crippen LogP contribution in [0.2, 0.25) is 6.32 Å². The number of nitrogens with one attached hydrogen (secondary N) is 1. The van der Waals surface area contributed by atoms with Gasteiger partial charge in [-0.3, -0.25) is 4.90 Å². The lowest BCUT2D eigenvalue weighted by Crippen LogP contribution is -2.54. The van der Waals surface area contributed by atoms with E-state index in [1.165, 1.54) is 9.80 Å². The Kier molecular flexibility index (Phi) is 12.2. The van der Waals surface area contributed by atoms with Gasteiger partial charge in [-0.15, -0.1) is 0 Å². The number of ether oxygens (including phenoxy) is 3. The molecule has 46 heavy (non-hydrogen) atoms. The lowest BCUT2D eigenvalue weighted by Gasteiger charge is -2.35. The fourth-order valence-electron chi connectivity index (χ4n) is 5.42. The first-order valence-electron chi connectivity index (χ1n) is 16.2. The van der Waals surface area contributed by atoms with Gasteiger partial charge in [0.15, 0.2) is 0 Å². The maximum Gasteiger partial charge on any atom is 0.457 e. The van der Waals surface area contributed by atoms with Crippen molar-refractivity contribution in [3.05, 3.63) is 0 Å². The van der Waals surface area contributed by atoms with Gasteiger partial charge in [0.05, 0.1) is 17.2 Å². The fourth-order valence-corrected chi connectivity index (χ4v) is 5.42. The summed E-state index contributed by atoms with van der Waals surface area (Å²) in [6, 6.07) is -0.734. The van der Waals surface area contributed by atoms with Crippen LogP contribution in [0.5, 0.6) is 0 Å². The minimum Gasteiger partial charge on any atom is -0.479 e. The van der Waals surface area contributed by atoms with E-state index in [9.17, 15) is 24.3 Å². The number of carboxylic acids is 1. The first kappa shape index (κ1) is 39.4. The molecular formula is C32H58BN3O10. The van der Waals surface area contributed by atoms with Crippen molar-refractivity contribution in [3.63, 3.8) is 0 Å². The smallest absolute Gasteiger partial charge is 0.457 e. The molecule has 0 aromatic rings. The molecule has 0 aromatic heterocycles. The average molecular weight is 656 g/mol. The summed E-state index contributed by atoms with van der Waals surface area (Å²) in [7, 11) is -0.427. The Morgan fingerprint density at radius 1 is 0.870 bits per heavy atom. The molecule has 2 aliphatic rings. The number of carbonyl (C=O) groups excluding carboxylic acids is 3. The van der Waals surface area contributed by atoms with Crippen LogP contribution < -0.4 is 5.32 Å². The van der Waals surface area contributed by atoms with Crippen LogP contribution in [0.1, 0.15) is 116 Å². The summed E-state index contributed by atoms with van der Waals surface area (Å²) in [4.78, 5) is 55.1. The van der Waals surface area contributed by atoms with Crippen molar-refractivity contribution in [2.75, 3.05) is 19.6 Å². The Balaban J connectivity index is 2.32. The third-order valence-corrected chi connectivity index (χ3v) is 8.17. The second-order valence-electron chi connectivity index (χ2n) is 16.3. The number of nitrogens with zero attached hydrogens (tertiary/aromatic N) is 2. The molecule has 14 heteroatoms. The maximum absolute atomic E-state index is 13.6. The molecule has 2 rings (SSSR count). The highest BCUT2D eigenvalue weighted by molar-refractivity contribution is 6.45. The standard InChI is InChI=1S/C32H58BN3O10/c1-27(2,3)42-24(39)34-18-19-35(25(40)43-28(4,5)6)22-20-32(23(37)38,36(21-22)26(41)44-29(7,8)9)16-14-15-17-33-45-30(10,11)31(12,13)46-33/h22H,14-21H2,1-13H3,(H,34,39)(H,37,38)/t22-,32-/m1/s1. The number of carboxylic acid groups (broad SMARTS) is 1. The predicted molar refractivity (Wildman–Crippen MR) is 174 cm³/mol. The molecule has 0 unspecified atom stereocenters. The van der Waals surface area contributed by atoms with Gasteiger partial charge in [-0.05, 0) is 103 Å². The number of hydrogen-bond acceptors (Lipinski definition) is 9. The van der Waals surface area contributed by atoms with E-state index in [0.29, 0.717) is 19.2 Å². The van der Waals surface area contributed by atoms with Gasteiger partial charge in [0.2, 0.25) is 0 Å². The highest BCUT2D eigenvalue weighted by atomic mass is 16.7. The van der Waals surface area contributed by atoms with Crippen LogP contribution in [0.4, 0.5) is 14.4 Å². The highest BCUT2D eigenvalue weighted by Crippen LogP contribution is 2.40. The van der Waals surface area contributed by atoms with Crippen LogP contribution in [-0.2, 0) is 28.3 Å². The largest absolute Gasteiger partial charge is 0.479 e. The van der Waals surface area contributed by atoms with Gasteiger partial charge in [0.25, 0.3) is 0 Å². The maximum atomic E-state index is 13.6. The zero-order chi connectivity index (χ0) is 35.5. The molecule has 0 radical (unpaired) electrons. The van der Waals surface area contributed by atoms with Crippen molar-refractivity contribution in [2.24, 2.45) is 0 Å². The number of rotatable bonds is 10. The molecule has 3 amide bonds. The van der Waals surface area contributed by atoms with E-state index >= 15 is 0 Å². The number of aliphatic carboxylic acids is 1. The lowest BCUT2D eigenvalue weighted by molar-refractivity contribution is -0.150. The summed E-state index contributed by atoms with van der Waals surface area (Å²) in [5.41, 5.74) is -5.03. The molecule has 2 atom stereocenters. The van der Waals surface area contributed by atoms with Gasteiger partial charge in [-0.1, -0.05) is 12.8 Å². The van der Waals surface area contributed by atoms with E-state index in [1.807, 2.05) is 27.7 Å². The first-order chi connectivity index (χ1) is 20.7. The zero-order valence-electron chi connectivity index (χ0n) is 30.3. The fraction of sp³-hybridized carbons (Fsp3) is 0.875. The summed E-state index contributed by atoms with van der Waals surface area (Å²) in [6.45, 7) is 23.4. The van der Waals surface area contributed by atoms with Crippen LogP contribution in [0.3, 0.4) is 0 Å². The number of hydrogen-bond donors (Lipinski definition) is 2. The first-order valence-corrected chi connectivity index (χ1v) is 16.2. The molecule has 2 saturated heterocycles. The Hall–Kier alpha value is -2.74. The van der Waals surface area contributed by atoms with Crippen LogP contribution in [0.15, 0.2) is 0 Å². The number of alkyl carbamates (subject to hydrolysis) is 1. The SMILES string of the molecule is CC(C)(C)OC(=O)NCCN(C(=O)OC(C)(C)C)[C@H]1CN(C(=O)OC(C)(C)C)[C@@](CCCCB2OC(C)(C)C(C)(C)O2)(C(=O)O)C1. The molecule has 2 aliphatic heterocycles. The second kappa shape index (κ2) is 14.2. The summed E-state index contributed by atoms with van der Waals surface area (Å²) >= 11 is 0. The van der Waals surface area contributed by atoms with Crippen LogP contribution in [-0.4, -0.2) is 105 Å². The summed E-state index contributed by atoms with van der Waals surface area (Å²) in [6.07, 6.45) is -0.448. The van der Waals surface area contributed by atoms with Crippen molar-refractivity contribution in [1.82, 2.24) is 15.1 Å². The van der Waals surface area contributed by atoms with Gasteiger partial charge in [0.1, 0.15) is 22.3 Å². The van der Waals surface area contributed by atoms with E-state index in [2.05, 4.69) is 5.32 Å². The monoisotopic (exact) mass is 655 g/mol. The Morgan fingerprint density at radius 3 is 1.87 bits per heavy atom. The normalized spacial score (nSPS) is 22.8. The van der Waals surface area contributed by atoms with E-state index in [0.717, 1.165) is 0 Å². The van der Waals surface area contributed by atoms with Crippen molar-refractivity contribution in [2.45, 2.75) is 162 Å². The van der Waals surface area contributed by atoms with Crippen molar-refractivity contribution >= 4 is 31.4 Å². The van der Waals surface area contributed by atoms with Crippen LogP contribution in [0.25, 0.3) is 0 Å². The quantitative estimate of drug-likeness (QED) is 0.167. The summed E-state index contributed by atoms with van der Waals surface area (Å²) < 4.78 is 28.8. The molecule has 0 bridgehead atoms. The molecule has 0 aromatic carbocycles. The van der Waals surface area contributed by atoms with Crippen LogP contribution in [0, 0.1) is 0 Å². The molecule has 0 spiro atoms. The van der Waals surface area contributed by atoms with Crippen molar-refractivity contribution in [1.29, 1.82) is 0 Å². The minimum absolute atomic E-state index is 0.00138. The molecule has 0 aliphatic carbocycles. The third kappa shape index (κ3) is 10.9. The summed E-state index contributed by atoms with van der Waals surface area (Å²) in [5, 5.41) is 13.3. The summed E-state index contributed by atoms with van der Waals surface area (Å²) in [5.74, 6) is -1.19. The number of unbranched alkanes of at least 4 members (excludes halogenated alkanes) is 1. The van der Waals surface area contributed by atoms with Gasteiger partial charge in [-0.2, -0.15) is 0 Å². The molecule has 13 nitrogen and oxygen atoms in total. The third-order valence-electron chi connectivity index (χ3n) is 8.17. The number of carbonyl (C=O) groups is 4. The minimum atomic E-state index is -1.65. The van der Waals surface area contributed by atoms with Gasteiger partial charge >= 0.3 is 31.4 Å². The van der Waals surface area contributed by atoms with Crippen molar-refractivity contribution < 1.29 is 47.8 Å².